The molecule has 0 bridgehead atoms. The zero-order valence-corrected chi connectivity index (χ0v) is 19.1. The highest BCUT2D eigenvalue weighted by Crippen LogP contribution is 2.27. The van der Waals surface area contributed by atoms with Gasteiger partial charge in [0.25, 0.3) is 0 Å². The van der Waals surface area contributed by atoms with Crippen molar-refractivity contribution in [2.45, 2.75) is 0 Å². The number of rotatable bonds is 4. The Labute approximate surface area is 191 Å². The molecule has 2 nitrogen and oxygen atoms in total. The molecule has 32 heavy (non-hydrogen) atoms. The monoisotopic (exact) mass is 416 g/mol. The van der Waals surface area contributed by atoms with Crippen LogP contribution in [0.2, 0.25) is 0 Å². The molecule has 0 saturated heterocycles. The molecule has 0 unspecified atom stereocenters. The molecule has 4 rings (SSSR count). The van der Waals surface area contributed by atoms with Crippen molar-refractivity contribution in [2.24, 2.45) is 0 Å². The van der Waals surface area contributed by atoms with Crippen LogP contribution in [0.1, 0.15) is 11.1 Å². The van der Waals surface area contributed by atoms with Crippen LogP contribution in [0.5, 0.6) is 0 Å². The van der Waals surface area contributed by atoms with Crippen LogP contribution in [0.25, 0.3) is 22.3 Å². The lowest BCUT2D eigenvalue weighted by atomic mass is 9.97. The minimum Gasteiger partial charge on any atom is -0.378 e. The highest BCUT2D eigenvalue weighted by molar-refractivity contribution is 5.76. The van der Waals surface area contributed by atoms with Crippen LogP contribution in [0.4, 0.5) is 11.4 Å². The van der Waals surface area contributed by atoms with Crippen molar-refractivity contribution in [3.05, 3.63) is 108 Å². The Kier molecular flexibility index (Phi) is 6.29. The molecule has 0 fully saturated rings. The molecule has 2 heteroatoms. The molecule has 0 atom stereocenters. The van der Waals surface area contributed by atoms with E-state index in [9.17, 15) is 0 Å². The number of benzene rings is 4. The Morgan fingerprint density at radius 3 is 1.12 bits per heavy atom. The molecule has 0 aliphatic heterocycles. The molecule has 0 aliphatic rings. The summed E-state index contributed by atoms with van der Waals surface area (Å²) in [7, 11) is 8.22. The first-order valence-electron chi connectivity index (χ1n) is 10.8. The minimum atomic E-state index is 1.03. The molecule has 0 radical (unpaired) electrons. The highest BCUT2D eigenvalue weighted by Gasteiger charge is 2.06. The van der Waals surface area contributed by atoms with Gasteiger partial charge in [-0.25, -0.2) is 0 Å². The molecule has 0 N–H and O–H groups in total. The smallest absolute Gasteiger partial charge is 0.0361 e. The summed E-state index contributed by atoms with van der Waals surface area (Å²) in [6, 6.07) is 33.9. The lowest BCUT2D eigenvalue weighted by Crippen LogP contribution is -2.07. The molecule has 0 amide bonds. The van der Waals surface area contributed by atoms with E-state index in [4.69, 9.17) is 0 Å². The van der Waals surface area contributed by atoms with Crippen LogP contribution in [-0.4, -0.2) is 28.2 Å². The van der Waals surface area contributed by atoms with Gasteiger partial charge in [-0.2, -0.15) is 0 Å². The first kappa shape index (κ1) is 21.3. The normalized spacial score (nSPS) is 10.2. The molecule has 4 aromatic carbocycles. The fraction of sp³-hybridized carbons (Fsp3) is 0.133. The number of nitrogens with zero attached hydrogens (tertiary/aromatic N) is 2. The maximum atomic E-state index is 3.44. The maximum Gasteiger partial charge on any atom is 0.0361 e. The second-order valence-corrected chi connectivity index (χ2v) is 8.22. The van der Waals surface area contributed by atoms with Crippen molar-refractivity contribution in [2.75, 3.05) is 38.0 Å². The lowest BCUT2D eigenvalue weighted by molar-refractivity contribution is 1.13. The van der Waals surface area contributed by atoms with Crippen molar-refractivity contribution >= 4 is 11.4 Å². The zero-order chi connectivity index (χ0) is 22.5. The predicted molar refractivity (Wildman–Crippen MR) is 138 cm³/mol. The van der Waals surface area contributed by atoms with Crippen molar-refractivity contribution in [1.29, 1.82) is 0 Å². The van der Waals surface area contributed by atoms with Gasteiger partial charge in [0.2, 0.25) is 0 Å². The molecule has 0 heterocycles. The Bertz CT molecular complexity index is 1160. The first-order valence-corrected chi connectivity index (χ1v) is 10.8. The van der Waals surface area contributed by atoms with Crippen LogP contribution in [0, 0.1) is 11.8 Å². The van der Waals surface area contributed by atoms with Gasteiger partial charge in [-0.3, -0.25) is 0 Å². The van der Waals surface area contributed by atoms with Gasteiger partial charge >= 0.3 is 0 Å². The van der Waals surface area contributed by atoms with E-state index in [0.717, 1.165) is 22.3 Å². The van der Waals surface area contributed by atoms with Gasteiger partial charge in [-0.15, -0.1) is 0 Å². The minimum absolute atomic E-state index is 1.03. The average molecular weight is 417 g/mol. The van der Waals surface area contributed by atoms with E-state index in [1.807, 2.05) is 12.1 Å². The van der Waals surface area contributed by atoms with E-state index in [0.29, 0.717) is 0 Å². The molecule has 4 aromatic rings. The highest BCUT2D eigenvalue weighted by atomic mass is 15.1. The fourth-order valence-electron chi connectivity index (χ4n) is 3.70. The van der Waals surface area contributed by atoms with Crippen molar-refractivity contribution < 1.29 is 0 Å². The topological polar surface area (TPSA) is 6.48 Å². The number of hydrogen-bond donors (Lipinski definition) is 0. The predicted octanol–water partition coefficient (Wildman–Crippen LogP) is 6.55. The Morgan fingerprint density at radius 2 is 0.781 bits per heavy atom. The quantitative estimate of drug-likeness (QED) is 0.348. The summed E-state index contributed by atoms with van der Waals surface area (Å²) in [5, 5.41) is 0. The third kappa shape index (κ3) is 4.68. The second kappa shape index (κ2) is 9.45. The average Bonchev–Trinajstić information content (AvgIpc) is 2.83. The van der Waals surface area contributed by atoms with Crippen molar-refractivity contribution in [3.8, 4) is 34.1 Å². The van der Waals surface area contributed by atoms with Crippen LogP contribution in [0.3, 0.4) is 0 Å². The van der Waals surface area contributed by atoms with Gasteiger partial charge in [0.15, 0.2) is 0 Å². The third-order valence-electron chi connectivity index (χ3n) is 5.58. The van der Waals surface area contributed by atoms with Gasteiger partial charge in [-0.05, 0) is 58.7 Å². The van der Waals surface area contributed by atoms with E-state index in [1.54, 1.807) is 0 Å². The molecule has 0 saturated carbocycles. The zero-order valence-electron chi connectivity index (χ0n) is 19.1. The van der Waals surface area contributed by atoms with Crippen molar-refractivity contribution in [3.63, 3.8) is 0 Å². The number of hydrogen-bond acceptors (Lipinski definition) is 2. The van der Waals surface area contributed by atoms with Crippen LogP contribution >= 0.6 is 0 Å². The maximum absolute atomic E-state index is 3.44. The Morgan fingerprint density at radius 1 is 0.438 bits per heavy atom. The number of anilines is 2. The van der Waals surface area contributed by atoms with Gasteiger partial charge in [-0.1, -0.05) is 72.5 Å². The Balaban J connectivity index is 1.70. The summed E-state index contributed by atoms with van der Waals surface area (Å²) in [5.41, 5.74) is 9.08. The fourth-order valence-corrected chi connectivity index (χ4v) is 3.70. The van der Waals surface area contributed by atoms with Crippen LogP contribution in [-0.2, 0) is 0 Å². The standard InChI is InChI=1S/C30H28N2/c1-31(2)27-19-15-25(16-20-27)29-11-7-5-9-23(29)13-14-24-10-6-8-12-30(24)26-17-21-28(22-18-26)32(3)4/h5-12,15-22H,1-4H3. The largest absolute Gasteiger partial charge is 0.378 e. The van der Waals surface area contributed by atoms with Gasteiger partial charge < -0.3 is 9.80 Å². The SMILES string of the molecule is CN(C)c1ccc(-c2ccccc2C#Cc2ccccc2-c2ccc(N(C)C)cc2)cc1. The summed E-state index contributed by atoms with van der Waals surface area (Å²) in [5.74, 6) is 6.87. The van der Waals surface area contributed by atoms with Gasteiger partial charge in [0.05, 0.1) is 0 Å². The van der Waals surface area contributed by atoms with E-state index >= 15 is 0 Å². The summed E-state index contributed by atoms with van der Waals surface area (Å²) >= 11 is 0. The van der Waals surface area contributed by atoms with Crippen molar-refractivity contribution in [1.82, 2.24) is 0 Å². The molecule has 0 spiro atoms. The van der Waals surface area contributed by atoms with Crippen LogP contribution in [0.15, 0.2) is 97.1 Å². The summed E-state index contributed by atoms with van der Waals surface area (Å²) < 4.78 is 0. The molecular weight excluding hydrogens is 388 g/mol. The van der Waals surface area contributed by atoms with Gasteiger partial charge in [0.1, 0.15) is 0 Å². The Hall–Kier alpha value is -3.96. The second-order valence-electron chi connectivity index (χ2n) is 8.22. The summed E-state index contributed by atoms with van der Waals surface area (Å²) in [6.45, 7) is 0. The van der Waals surface area contributed by atoms with E-state index in [2.05, 4.69) is 135 Å². The van der Waals surface area contributed by atoms with E-state index in [1.165, 1.54) is 22.5 Å². The van der Waals surface area contributed by atoms with Crippen LogP contribution < -0.4 is 9.80 Å². The third-order valence-corrected chi connectivity index (χ3v) is 5.58. The van der Waals surface area contributed by atoms with Gasteiger partial charge in [0, 0.05) is 50.7 Å². The molecular formula is C30H28N2. The van der Waals surface area contributed by atoms with E-state index < -0.39 is 0 Å². The molecule has 0 aromatic heterocycles. The molecule has 158 valence electrons. The lowest BCUT2D eigenvalue weighted by Gasteiger charge is -2.13. The van der Waals surface area contributed by atoms with E-state index in [-0.39, 0.29) is 0 Å². The summed E-state index contributed by atoms with van der Waals surface area (Å²) in [6.07, 6.45) is 0. The first-order chi connectivity index (χ1) is 15.5. The molecule has 0 aliphatic carbocycles. The summed E-state index contributed by atoms with van der Waals surface area (Å²) in [4.78, 5) is 4.22.